The van der Waals surface area contributed by atoms with Crippen molar-refractivity contribution < 1.29 is 4.43 Å². The van der Waals surface area contributed by atoms with Crippen LogP contribution in [0.25, 0.3) is 0 Å². The highest BCUT2D eigenvalue weighted by Gasteiger charge is 2.37. The van der Waals surface area contributed by atoms with Crippen LogP contribution in [-0.2, 0) is 4.43 Å². The Hall–Kier alpha value is 0.0669. The predicted octanol–water partition coefficient (Wildman–Crippen LogP) is 3.14. The average Bonchev–Trinajstić information content (AvgIpc) is 2.50. The molecule has 2 nitrogen and oxygen atoms in total. The second-order valence-corrected chi connectivity index (χ2v) is 10.8. The fourth-order valence-electron chi connectivity index (χ4n) is 0.878. The summed E-state index contributed by atoms with van der Waals surface area (Å²) >= 11 is 1.80. The van der Waals surface area contributed by atoms with E-state index < -0.39 is 8.32 Å². The van der Waals surface area contributed by atoms with Crippen LogP contribution >= 0.6 is 11.8 Å². The molecule has 0 saturated carbocycles. The van der Waals surface area contributed by atoms with Crippen molar-refractivity contribution in [1.29, 1.82) is 0 Å². The maximum Gasteiger partial charge on any atom is 0.192 e. The Morgan fingerprint density at radius 1 is 1.50 bits per heavy atom. The third-order valence-corrected chi connectivity index (χ3v) is 8.24. The van der Waals surface area contributed by atoms with E-state index in [0.717, 1.165) is 12.5 Å². The van der Waals surface area contributed by atoms with Gasteiger partial charge in [-0.1, -0.05) is 20.8 Å². The van der Waals surface area contributed by atoms with E-state index in [0.29, 0.717) is 5.04 Å². The summed E-state index contributed by atoms with van der Waals surface area (Å²) in [6, 6.07) is 0. The van der Waals surface area contributed by atoms with Crippen LogP contribution in [0.3, 0.4) is 0 Å². The summed E-state index contributed by atoms with van der Waals surface area (Å²) in [4.78, 5) is 0. The average molecular weight is 231 g/mol. The lowest BCUT2D eigenvalue weighted by Crippen LogP contribution is -2.41. The minimum absolute atomic E-state index is 0.305. The Morgan fingerprint density at radius 3 is 2.57 bits per heavy atom. The normalized spacial score (nSPS) is 17.9. The van der Waals surface area contributed by atoms with E-state index in [1.54, 1.807) is 11.8 Å². The topological polar surface area (TPSA) is 21.3 Å². The van der Waals surface area contributed by atoms with E-state index in [1.807, 2.05) is 0 Å². The van der Waals surface area contributed by atoms with Crippen LogP contribution in [0.1, 0.15) is 20.8 Å². The first-order chi connectivity index (χ1) is 6.33. The molecule has 1 aliphatic rings. The predicted molar refractivity (Wildman–Crippen MR) is 66.8 cm³/mol. The number of hydrogen-bond acceptors (Lipinski definition) is 3. The van der Waals surface area contributed by atoms with Gasteiger partial charge in [0.1, 0.15) is 0 Å². The summed E-state index contributed by atoms with van der Waals surface area (Å²) in [5.41, 5.74) is 1.24. The van der Waals surface area contributed by atoms with Crippen molar-refractivity contribution in [3.63, 3.8) is 0 Å². The Kier molecular flexibility index (Phi) is 3.72. The first kappa shape index (κ1) is 12.1. The Balaban J connectivity index is 2.43. The van der Waals surface area contributed by atoms with Gasteiger partial charge in [-0.2, -0.15) is 0 Å². The summed E-state index contributed by atoms with van der Waals surface area (Å²) in [6.07, 6.45) is 0. The number of nitrogens with one attached hydrogen (secondary N) is 1. The van der Waals surface area contributed by atoms with Crippen LogP contribution in [0.4, 0.5) is 0 Å². The van der Waals surface area contributed by atoms with E-state index in [-0.39, 0.29) is 0 Å². The molecule has 0 saturated heterocycles. The van der Waals surface area contributed by atoms with Crippen LogP contribution in [0.2, 0.25) is 18.1 Å². The Bertz CT molecular complexity index is 233. The van der Waals surface area contributed by atoms with Gasteiger partial charge in [0.15, 0.2) is 8.32 Å². The molecule has 0 aromatic heterocycles. The van der Waals surface area contributed by atoms with Gasteiger partial charge < -0.3 is 9.74 Å². The molecule has 0 fully saturated rings. The fraction of sp³-hybridized carbons (Fsp3) is 0.800. The van der Waals surface area contributed by atoms with Crippen LogP contribution in [0, 0.1) is 0 Å². The quantitative estimate of drug-likeness (QED) is 0.754. The van der Waals surface area contributed by atoms with E-state index in [9.17, 15) is 0 Å². The lowest BCUT2D eigenvalue weighted by molar-refractivity contribution is 0.313. The van der Waals surface area contributed by atoms with Crippen molar-refractivity contribution in [3.05, 3.63) is 11.1 Å². The molecule has 1 rings (SSSR count). The molecular weight excluding hydrogens is 210 g/mol. The highest BCUT2D eigenvalue weighted by molar-refractivity contribution is 8.02. The zero-order valence-electron chi connectivity index (χ0n) is 9.81. The molecule has 14 heavy (non-hydrogen) atoms. The summed E-state index contributed by atoms with van der Waals surface area (Å²) in [5.74, 6) is 0.996. The van der Waals surface area contributed by atoms with Gasteiger partial charge >= 0.3 is 0 Å². The molecule has 0 spiro atoms. The lowest BCUT2D eigenvalue weighted by Gasteiger charge is -2.36. The molecule has 82 valence electrons. The van der Waals surface area contributed by atoms with Crippen molar-refractivity contribution >= 4 is 20.1 Å². The minimum Gasteiger partial charge on any atom is -0.411 e. The van der Waals surface area contributed by atoms with Gasteiger partial charge in [0, 0.05) is 5.70 Å². The first-order valence-corrected chi connectivity index (χ1v) is 8.97. The monoisotopic (exact) mass is 231 g/mol. The Labute approximate surface area is 92.6 Å². The molecule has 0 bridgehead atoms. The van der Waals surface area contributed by atoms with Gasteiger partial charge in [-0.3, -0.25) is 0 Å². The molecule has 1 N–H and O–H groups in total. The van der Waals surface area contributed by atoms with E-state index in [2.05, 4.69) is 44.6 Å². The molecule has 0 atom stereocenters. The maximum atomic E-state index is 6.07. The number of hydrogen-bond donors (Lipinski definition) is 1. The first-order valence-electron chi connectivity index (χ1n) is 5.01. The zero-order chi connectivity index (χ0) is 10.8. The lowest BCUT2D eigenvalue weighted by atomic mass is 10.2. The van der Waals surface area contributed by atoms with Crippen molar-refractivity contribution in [2.24, 2.45) is 0 Å². The third-order valence-electron chi connectivity index (χ3n) is 3.00. The van der Waals surface area contributed by atoms with Gasteiger partial charge in [0.2, 0.25) is 0 Å². The second kappa shape index (κ2) is 4.29. The Morgan fingerprint density at radius 2 is 2.14 bits per heavy atom. The standard InChI is InChI=1S/C10H21NOSSi/c1-10(2,3)14(4,5)12-6-9-7-13-8-11-9/h7,11H,6,8H2,1-5H3. The van der Waals surface area contributed by atoms with Gasteiger partial charge in [-0.05, 0) is 23.5 Å². The molecule has 0 amide bonds. The summed E-state index contributed by atoms with van der Waals surface area (Å²) in [6.45, 7) is 12.1. The molecule has 1 heterocycles. The third kappa shape index (κ3) is 3.04. The summed E-state index contributed by atoms with van der Waals surface area (Å²) < 4.78 is 6.07. The molecule has 0 aromatic rings. The van der Waals surface area contributed by atoms with Gasteiger partial charge in [0.05, 0.1) is 12.5 Å². The molecule has 1 aliphatic heterocycles. The zero-order valence-corrected chi connectivity index (χ0v) is 11.6. The molecule has 0 radical (unpaired) electrons. The molecule has 4 heteroatoms. The van der Waals surface area contributed by atoms with Crippen molar-refractivity contribution in [3.8, 4) is 0 Å². The van der Waals surface area contributed by atoms with Crippen LogP contribution in [0.5, 0.6) is 0 Å². The maximum absolute atomic E-state index is 6.07. The summed E-state index contributed by atoms with van der Waals surface area (Å²) in [5, 5.41) is 5.77. The van der Waals surface area contributed by atoms with E-state index in [4.69, 9.17) is 4.43 Å². The highest BCUT2D eigenvalue weighted by Crippen LogP contribution is 2.36. The fourth-order valence-corrected chi connectivity index (χ4v) is 2.53. The smallest absolute Gasteiger partial charge is 0.192 e. The van der Waals surface area contributed by atoms with Gasteiger partial charge in [-0.15, -0.1) is 11.8 Å². The second-order valence-electron chi connectivity index (χ2n) is 5.18. The van der Waals surface area contributed by atoms with Crippen molar-refractivity contribution in [2.75, 3.05) is 12.5 Å². The van der Waals surface area contributed by atoms with Gasteiger partial charge in [-0.25, -0.2) is 0 Å². The minimum atomic E-state index is -1.56. The van der Waals surface area contributed by atoms with Crippen molar-refractivity contribution in [2.45, 2.75) is 38.9 Å². The SMILES string of the molecule is CC(C)(C)[Si](C)(C)OCC1=CSCN1. The molecular formula is C10H21NOSSi. The molecule has 0 aromatic carbocycles. The molecule has 0 aliphatic carbocycles. The van der Waals surface area contributed by atoms with Crippen LogP contribution < -0.4 is 5.32 Å². The van der Waals surface area contributed by atoms with Gasteiger partial charge in [0.25, 0.3) is 0 Å². The summed E-state index contributed by atoms with van der Waals surface area (Å²) in [7, 11) is -1.56. The van der Waals surface area contributed by atoms with E-state index >= 15 is 0 Å². The number of rotatable bonds is 3. The van der Waals surface area contributed by atoms with E-state index in [1.165, 1.54) is 5.70 Å². The molecule has 0 unspecified atom stereocenters. The van der Waals surface area contributed by atoms with Crippen LogP contribution in [-0.4, -0.2) is 20.8 Å². The van der Waals surface area contributed by atoms with Crippen molar-refractivity contribution in [1.82, 2.24) is 5.32 Å². The highest BCUT2D eigenvalue weighted by atomic mass is 32.2. The largest absolute Gasteiger partial charge is 0.411 e. The van der Waals surface area contributed by atoms with Crippen LogP contribution in [0.15, 0.2) is 11.1 Å². The number of thioether (sulfide) groups is 1.